The number of para-hydroxylation sites is 1. The van der Waals surface area contributed by atoms with Gasteiger partial charge < -0.3 is 26.4 Å². The van der Waals surface area contributed by atoms with Crippen LogP contribution in [0.1, 0.15) is 40.4 Å². The van der Waals surface area contributed by atoms with Gasteiger partial charge in [-0.3, -0.25) is 9.48 Å². The van der Waals surface area contributed by atoms with Crippen LogP contribution in [-0.2, 0) is 12.8 Å². The SMILES string of the molecule is O=C1NCCc2cc(Nc3ncc(-c4cnn(C5CCNCC5)c4)c(NCCc4ccccc4O)n3)ccc21. The van der Waals surface area contributed by atoms with E-state index in [1.165, 1.54) is 0 Å². The Hall–Kier alpha value is -4.44. The van der Waals surface area contributed by atoms with Crippen LogP contribution in [-0.4, -0.2) is 56.9 Å². The standard InChI is InChI=1S/C29H32N8O2/c38-26-4-2-1-3-19(26)7-13-31-27-25(21-16-34-37(18-21)23-9-11-30-12-10-23)17-33-29(36-27)35-22-5-6-24-20(15-22)8-14-32-28(24)39/h1-6,15-18,23,30,38H,7-14H2,(H,32,39)(H2,31,33,35,36). The Morgan fingerprint density at radius 2 is 1.92 bits per heavy atom. The number of fused-ring (bicyclic) bond motifs is 1. The molecule has 10 heteroatoms. The topological polar surface area (TPSA) is 129 Å². The summed E-state index contributed by atoms with van der Waals surface area (Å²) in [7, 11) is 0. The fourth-order valence-electron chi connectivity index (χ4n) is 5.21. The van der Waals surface area contributed by atoms with Gasteiger partial charge in [-0.2, -0.15) is 10.1 Å². The lowest BCUT2D eigenvalue weighted by Gasteiger charge is -2.22. The largest absolute Gasteiger partial charge is 0.508 e. The first-order chi connectivity index (χ1) is 19.1. The quantitative estimate of drug-likeness (QED) is 0.236. The van der Waals surface area contributed by atoms with Crippen LogP contribution in [0.4, 0.5) is 17.5 Å². The van der Waals surface area contributed by atoms with Crippen LogP contribution in [0.2, 0.25) is 0 Å². The zero-order valence-corrected chi connectivity index (χ0v) is 21.7. The summed E-state index contributed by atoms with van der Waals surface area (Å²) in [5.41, 5.74) is 5.22. The number of anilines is 3. The second-order valence-corrected chi connectivity index (χ2v) is 9.95. The maximum atomic E-state index is 12.1. The van der Waals surface area contributed by atoms with E-state index in [-0.39, 0.29) is 11.7 Å². The number of nitrogens with one attached hydrogen (secondary N) is 4. The van der Waals surface area contributed by atoms with Crippen LogP contribution in [0.25, 0.3) is 11.1 Å². The Bertz CT molecular complexity index is 1480. The number of aromatic nitrogens is 4. The summed E-state index contributed by atoms with van der Waals surface area (Å²) < 4.78 is 2.05. The van der Waals surface area contributed by atoms with Gasteiger partial charge in [0.25, 0.3) is 5.91 Å². The smallest absolute Gasteiger partial charge is 0.251 e. The number of hydrogen-bond donors (Lipinski definition) is 5. The molecule has 1 saturated heterocycles. The number of carbonyl (C=O) groups is 1. The first-order valence-electron chi connectivity index (χ1n) is 13.5. The number of hydrogen-bond acceptors (Lipinski definition) is 8. The molecule has 4 heterocycles. The van der Waals surface area contributed by atoms with Gasteiger partial charge in [0.1, 0.15) is 11.6 Å². The molecule has 2 aromatic heterocycles. The number of piperidine rings is 1. The molecule has 0 saturated carbocycles. The van der Waals surface area contributed by atoms with Crippen molar-refractivity contribution in [2.45, 2.75) is 31.7 Å². The van der Waals surface area contributed by atoms with E-state index < -0.39 is 0 Å². The first-order valence-corrected chi connectivity index (χ1v) is 13.5. The molecule has 5 N–H and O–H groups in total. The van der Waals surface area contributed by atoms with Crippen LogP contribution >= 0.6 is 0 Å². The van der Waals surface area contributed by atoms with E-state index >= 15 is 0 Å². The average Bonchev–Trinajstić information content (AvgIpc) is 3.45. The number of benzene rings is 2. The molecule has 0 bridgehead atoms. The number of phenolic OH excluding ortho intramolecular Hbond substituents is 1. The summed E-state index contributed by atoms with van der Waals surface area (Å²) in [6, 6.07) is 13.4. The molecule has 200 valence electrons. The first kappa shape index (κ1) is 24.9. The summed E-state index contributed by atoms with van der Waals surface area (Å²) in [4.78, 5) is 21.5. The van der Waals surface area contributed by atoms with Crippen LogP contribution in [0, 0.1) is 0 Å². The molecule has 0 spiro atoms. The van der Waals surface area contributed by atoms with Crippen molar-refractivity contribution in [3.8, 4) is 16.9 Å². The van der Waals surface area contributed by atoms with E-state index in [9.17, 15) is 9.90 Å². The van der Waals surface area contributed by atoms with Crippen molar-refractivity contribution in [3.05, 3.63) is 77.7 Å². The molecule has 2 aliphatic rings. The fourth-order valence-corrected chi connectivity index (χ4v) is 5.21. The highest BCUT2D eigenvalue weighted by Crippen LogP contribution is 2.30. The van der Waals surface area contributed by atoms with E-state index in [0.29, 0.717) is 42.9 Å². The Morgan fingerprint density at radius 3 is 2.79 bits per heavy atom. The number of amides is 1. The highest BCUT2D eigenvalue weighted by Gasteiger charge is 2.19. The zero-order chi connectivity index (χ0) is 26.6. The summed E-state index contributed by atoms with van der Waals surface area (Å²) in [6.45, 7) is 3.21. The van der Waals surface area contributed by atoms with E-state index in [4.69, 9.17) is 4.98 Å². The molecule has 1 fully saturated rings. The minimum absolute atomic E-state index is 0.0376. The van der Waals surface area contributed by atoms with Gasteiger partial charge in [-0.05, 0) is 74.2 Å². The predicted molar refractivity (Wildman–Crippen MR) is 150 cm³/mol. The van der Waals surface area contributed by atoms with Crippen LogP contribution in [0.15, 0.2) is 61.1 Å². The van der Waals surface area contributed by atoms with Gasteiger partial charge in [-0.1, -0.05) is 18.2 Å². The molecule has 4 aromatic rings. The minimum Gasteiger partial charge on any atom is -0.508 e. The second-order valence-electron chi connectivity index (χ2n) is 9.95. The number of aromatic hydroxyl groups is 1. The highest BCUT2D eigenvalue weighted by molar-refractivity contribution is 5.97. The molecule has 6 rings (SSSR count). The molecule has 0 radical (unpaired) electrons. The third-order valence-electron chi connectivity index (χ3n) is 7.35. The van der Waals surface area contributed by atoms with E-state index in [1.807, 2.05) is 48.8 Å². The van der Waals surface area contributed by atoms with Crippen molar-refractivity contribution in [1.29, 1.82) is 0 Å². The monoisotopic (exact) mass is 524 g/mol. The lowest BCUT2D eigenvalue weighted by Crippen LogP contribution is -2.31. The molecule has 2 aromatic carbocycles. The third kappa shape index (κ3) is 5.56. The average molecular weight is 525 g/mol. The van der Waals surface area contributed by atoms with Crippen LogP contribution in [0.5, 0.6) is 5.75 Å². The molecule has 10 nitrogen and oxygen atoms in total. The van der Waals surface area contributed by atoms with Gasteiger partial charge in [0.2, 0.25) is 5.95 Å². The maximum Gasteiger partial charge on any atom is 0.251 e. The van der Waals surface area contributed by atoms with Crippen molar-refractivity contribution in [1.82, 2.24) is 30.4 Å². The lowest BCUT2D eigenvalue weighted by molar-refractivity contribution is 0.0946. The summed E-state index contributed by atoms with van der Waals surface area (Å²) in [6.07, 6.45) is 9.29. The number of nitrogens with zero attached hydrogens (tertiary/aromatic N) is 4. The van der Waals surface area contributed by atoms with Gasteiger partial charge in [0, 0.05) is 47.9 Å². The van der Waals surface area contributed by atoms with Gasteiger partial charge in [0.05, 0.1) is 12.2 Å². The fraction of sp³-hybridized carbons (Fsp3) is 0.310. The summed E-state index contributed by atoms with van der Waals surface area (Å²) >= 11 is 0. The Balaban J connectivity index is 1.26. The maximum absolute atomic E-state index is 12.1. The lowest BCUT2D eigenvalue weighted by atomic mass is 10.00. The normalized spacial score (nSPS) is 15.4. The molecule has 0 aliphatic carbocycles. The van der Waals surface area contributed by atoms with Crippen LogP contribution < -0.4 is 21.3 Å². The van der Waals surface area contributed by atoms with E-state index in [0.717, 1.165) is 60.3 Å². The van der Waals surface area contributed by atoms with Gasteiger partial charge in [0.15, 0.2) is 0 Å². The minimum atomic E-state index is -0.0376. The molecular weight excluding hydrogens is 492 g/mol. The summed E-state index contributed by atoms with van der Waals surface area (Å²) in [5, 5.41) is 27.9. The van der Waals surface area contributed by atoms with Crippen molar-refractivity contribution in [2.75, 3.05) is 36.8 Å². The predicted octanol–water partition coefficient (Wildman–Crippen LogP) is 3.65. The van der Waals surface area contributed by atoms with Crippen molar-refractivity contribution in [2.24, 2.45) is 0 Å². The Labute approximate surface area is 226 Å². The number of carbonyl (C=O) groups excluding carboxylic acids is 1. The van der Waals surface area contributed by atoms with E-state index in [2.05, 4.69) is 42.2 Å². The van der Waals surface area contributed by atoms with Crippen molar-refractivity contribution >= 4 is 23.4 Å². The van der Waals surface area contributed by atoms with Crippen molar-refractivity contribution < 1.29 is 9.90 Å². The Kier molecular flexibility index (Phi) is 7.09. The number of rotatable bonds is 8. The summed E-state index contributed by atoms with van der Waals surface area (Å²) in [5.74, 6) is 1.39. The third-order valence-corrected chi connectivity index (χ3v) is 7.35. The molecule has 1 amide bonds. The van der Waals surface area contributed by atoms with E-state index in [1.54, 1.807) is 6.07 Å². The number of phenols is 1. The molecule has 0 unspecified atom stereocenters. The van der Waals surface area contributed by atoms with Gasteiger partial charge in [-0.25, -0.2) is 4.98 Å². The molecular formula is C29H32N8O2. The van der Waals surface area contributed by atoms with Crippen molar-refractivity contribution in [3.63, 3.8) is 0 Å². The van der Waals surface area contributed by atoms with Gasteiger partial charge >= 0.3 is 0 Å². The molecule has 39 heavy (non-hydrogen) atoms. The Morgan fingerprint density at radius 1 is 1.05 bits per heavy atom. The highest BCUT2D eigenvalue weighted by atomic mass is 16.3. The van der Waals surface area contributed by atoms with Gasteiger partial charge in [-0.15, -0.1) is 0 Å². The van der Waals surface area contributed by atoms with Crippen LogP contribution in [0.3, 0.4) is 0 Å². The molecule has 2 aliphatic heterocycles. The zero-order valence-electron chi connectivity index (χ0n) is 21.7. The molecule has 0 atom stereocenters. The second kappa shape index (κ2) is 11.1.